The van der Waals surface area contributed by atoms with Crippen molar-refractivity contribution in [1.82, 2.24) is 15.5 Å². The van der Waals surface area contributed by atoms with E-state index in [1.54, 1.807) is 7.11 Å². The van der Waals surface area contributed by atoms with Crippen molar-refractivity contribution in [2.24, 2.45) is 0 Å². The Kier molecular flexibility index (Phi) is 5.27. The zero-order valence-corrected chi connectivity index (χ0v) is 15.1. The minimum Gasteiger partial charge on any atom is -0.497 e. The number of aromatic nitrogens is 2. The Balaban J connectivity index is 1.64. The van der Waals surface area contributed by atoms with Crippen molar-refractivity contribution in [3.8, 4) is 17.2 Å². The molecule has 0 aliphatic rings. The summed E-state index contributed by atoms with van der Waals surface area (Å²) in [6.07, 6.45) is 0. The van der Waals surface area contributed by atoms with Crippen molar-refractivity contribution in [1.29, 1.82) is 0 Å². The van der Waals surface area contributed by atoms with Gasteiger partial charge in [-0.15, -0.1) is 10.2 Å². The molecule has 0 aliphatic carbocycles. The van der Waals surface area contributed by atoms with E-state index in [1.165, 1.54) is 5.56 Å². The summed E-state index contributed by atoms with van der Waals surface area (Å²) in [5, 5.41) is 11.6. The second kappa shape index (κ2) is 7.59. The maximum atomic E-state index is 5.72. The van der Waals surface area contributed by atoms with Gasteiger partial charge < -0.3 is 14.5 Å². The standard InChI is InChI=1S/C18H18BrN3O2/c1-12(15-5-3-4-6-16(15)19)20-11-17-21-22-18(24-17)13-7-9-14(23-2)10-8-13/h3-10,12,20H,11H2,1-2H3/t12-/m1/s1. The molecule has 0 spiro atoms. The second-order valence-corrected chi connectivity index (χ2v) is 6.21. The second-order valence-electron chi connectivity index (χ2n) is 5.35. The molecular formula is C18H18BrN3O2. The predicted octanol–water partition coefficient (Wildman–Crippen LogP) is 4.36. The summed E-state index contributed by atoms with van der Waals surface area (Å²) in [4.78, 5) is 0. The van der Waals surface area contributed by atoms with Crippen LogP contribution in [-0.4, -0.2) is 17.3 Å². The molecule has 0 unspecified atom stereocenters. The van der Waals surface area contributed by atoms with Gasteiger partial charge in [-0.1, -0.05) is 34.1 Å². The number of hydrogen-bond donors (Lipinski definition) is 1. The smallest absolute Gasteiger partial charge is 0.247 e. The van der Waals surface area contributed by atoms with Crippen molar-refractivity contribution in [2.45, 2.75) is 19.5 Å². The van der Waals surface area contributed by atoms with Crippen molar-refractivity contribution < 1.29 is 9.15 Å². The molecule has 24 heavy (non-hydrogen) atoms. The molecule has 0 amide bonds. The summed E-state index contributed by atoms with van der Waals surface area (Å²) in [5.74, 6) is 1.85. The van der Waals surface area contributed by atoms with Crippen LogP contribution in [0.2, 0.25) is 0 Å². The van der Waals surface area contributed by atoms with Gasteiger partial charge in [-0.25, -0.2) is 0 Å². The molecule has 5 nitrogen and oxygen atoms in total. The highest BCUT2D eigenvalue weighted by Crippen LogP contribution is 2.24. The molecule has 0 aliphatic heterocycles. The maximum Gasteiger partial charge on any atom is 0.247 e. The van der Waals surface area contributed by atoms with Crippen LogP contribution in [0, 0.1) is 0 Å². The first-order chi connectivity index (χ1) is 11.7. The van der Waals surface area contributed by atoms with Gasteiger partial charge in [0.15, 0.2) is 0 Å². The van der Waals surface area contributed by atoms with E-state index in [4.69, 9.17) is 9.15 Å². The quantitative estimate of drug-likeness (QED) is 0.680. The van der Waals surface area contributed by atoms with Crippen LogP contribution in [0.4, 0.5) is 0 Å². The van der Waals surface area contributed by atoms with E-state index in [0.717, 1.165) is 15.8 Å². The molecule has 1 N–H and O–H groups in total. The lowest BCUT2D eigenvalue weighted by molar-refractivity contribution is 0.414. The molecule has 0 saturated heterocycles. The fourth-order valence-corrected chi connectivity index (χ4v) is 2.98. The van der Waals surface area contributed by atoms with E-state index >= 15 is 0 Å². The van der Waals surface area contributed by atoms with Crippen LogP contribution in [0.3, 0.4) is 0 Å². The fraction of sp³-hybridized carbons (Fsp3) is 0.222. The van der Waals surface area contributed by atoms with E-state index in [0.29, 0.717) is 18.3 Å². The highest BCUT2D eigenvalue weighted by atomic mass is 79.9. The molecule has 0 bridgehead atoms. The van der Waals surface area contributed by atoms with Crippen molar-refractivity contribution in [3.63, 3.8) is 0 Å². The molecule has 1 heterocycles. The minimum absolute atomic E-state index is 0.164. The lowest BCUT2D eigenvalue weighted by Crippen LogP contribution is -2.18. The molecule has 0 saturated carbocycles. The third kappa shape index (κ3) is 3.83. The van der Waals surface area contributed by atoms with Gasteiger partial charge in [0.1, 0.15) is 5.75 Å². The van der Waals surface area contributed by atoms with Crippen LogP contribution in [0.25, 0.3) is 11.5 Å². The molecular weight excluding hydrogens is 370 g/mol. The molecule has 0 radical (unpaired) electrons. The molecule has 3 rings (SSSR count). The van der Waals surface area contributed by atoms with Gasteiger partial charge >= 0.3 is 0 Å². The number of rotatable bonds is 6. The Labute approximate surface area is 149 Å². The number of nitrogens with zero attached hydrogens (tertiary/aromatic N) is 2. The average molecular weight is 388 g/mol. The molecule has 1 aromatic heterocycles. The van der Waals surface area contributed by atoms with Gasteiger partial charge in [0.25, 0.3) is 0 Å². The van der Waals surface area contributed by atoms with E-state index in [1.807, 2.05) is 42.5 Å². The highest BCUT2D eigenvalue weighted by molar-refractivity contribution is 9.10. The molecule has 1 atom stereocenters. The van der Waals surface area contributed by atoms with Crippen LogP contribution < -0.4 is 10.1 Å². The summed E-state index contributed by atoms with van der Waals surface area (Å²) in [6, 6.07) is 15.8. The summed E-state index contributed by atoms with van der Waals surface area (Å²) in [5.41, 5.74) is 2.06. The number of hydrogen-bond acceptors (Lipinski definition) is 5. The van der Waals surface area contributed by atoms with Gasteiger partial charge in [0, 0.05) is 16.1 Å². The zero-order chi connectivity index (χ0) is 16.9. The summed E-state index contributed by atoms with van der Waals surface area (Å²) in [7, 11) is 1.64. The van der Waals surface area contributed by atoms with Crippen molar-refractivity contribution >= 4 is 15.9 Å². The number of methoxy groups -OCH3 is 1. The van der Waals surface area contributed by atoms with Gasteiger partial charge in [0.2, 0.25) is 11.8 Å². The Morgan fingerprint density at radius 1 is 1.12 bits per heavy atom. The first-order valence-electron chi connectivity index (χ1n) is 7.62. The normalized spacial score (nSPS) is 12.1. The van der Waals surface area contributed by atoms with Crippen LogP contribution in [0.1, 0.15) is 24.4 Å². The number of halogens is 1. The highest BCUT2D eigenvalue weighted by Gasteiger charge is 2.12. The molecule has 3 aromatic rings. The van der Waals surface area contributed by atoms with Crippen LogP contribution in [-0.2, 0) is 6.54 Å². The summed E-state index contributed by atoms with van der Waals surface area (Å²) in [6.45, 7) is 2.60. The van der Waals surface area contributed by atoms with Gasteiger partial charge in [-0.2, -0.15) is 0 Å². The van der Waals surface area contributed by atoms with E-state index in [-0.39, 0.29) is 6.04 Å². The van der Waals surface area contributed by atoms with Crippen molar-refractivity contribution in [3.05, 3.63) is 64.5 Å². The Hall–Kier alpha value is -2.18. The minimum atomic E-state index is 0.164. The lowest BCUT2D eigenvalue weighted by atomic mass is 10.1. The summed E-state index contributed by atoms with van der Waals surface area (Å²) < 4.78 is 11.9. The lowest BCUT2D eigenvalue weighted by Gasteiger charge is -2.14. The number of ether oxygens (including phenoxy) is 1. The topological polar surface area (TPSA) is 60.2 Å². The first-order valence-corrected chi connectivity index (χ1v) is 8.41. The van der Waals surface area contributed by atoms with Crippen molar-refractivity contribution in [2.75, 3.05) is 7.11 Å². The van der Waals surface area contributed by atoms with Gasteiger partial charge in [-0.05, 0) is 42.8 Å². The largest absolute Gasteiger partial charge is 0.497 e. The summed E-state index contributed by atoms with van der Waals surface area (Å²) >= 11 is 3.57. The van der Waals surface area contributed by atoms with Crippen LogP contribution in [0.5, 0.6) is 5.75 Å². The molecule has 124 valence electrons. The molecule has 2 aromatic carbocycles. The van der Waals surface area contributed by atoms with E-state index < -0.39 is 0 Å². The van der Waals surface area contributed by atoms with E-state index in [9.17, 15) is 0 Å². The SMILES string of the molecule is COc1ccc(-c2nnc(CN[C@H](C)c3ccccc3Br)o2)cc1. The maximum absolute atomic E-state index is 5.72. The third-order valence-electron chi connectivity index (χ3n) is 3.74. The number of nitrogens with one attached hydrogen (secondary N) is 1. The Bertz CT molecular complexity index is 802. The third-order valence-corrected chi connectivity index (χ3v) is 4.46. The first kappa shape index (κ1) is 16.7. The molecule has 6 heteroatoms. The molecule has 0 fully saturated rings. The predicted molar refractivity (Wildman–Crippen MR) is 95.7 cm³/mol. The van der Waals surface area contributed by atoms with Gasteiger partial charge in [-0.3, -0.25) is 0 Å². The Morgan fingerprint density at radius 3 is 2.58 bits per heavy atom. The van der Waals surface area contributed by atoms with E-state index in [2.05, 4.69) is 44.4 Å². The Morgan fingerprint density at radius 2 is 1.88 bits per heavy atom. The zero-order valence-electron chi connectivity index (χ0n) is 13.5. The monoisotopic (exact) mass is 387 g/mol. The average Bonchev–Trinajstić information content (AvgIpc) is 3.09. The van der Waals surface area contributed by atoms with Crippen LogP contribution >= 0.6 is 15.9 Å². The fourth-order valence-electron chi connectivity index (χ4n) is 2.35. The van der Waals surface area contributed by atoms with Crippen LogP contribution in [0.15, 0.2) is 57.4 Å². The van der Waals surface area contributed by atoms with Gasteiger partial charge in [0.05, 0.1) is 13.7 Å². The number of benzene rings is 2.